The lowest BCUT2D eigenvalue weighted by molar-refractivity contribution is 0.506. The fraction of sp³-hybridized carbons (Fsp3) is 0.500. The fourth-order valence-corrected chi connectivity index (χ4v) is 4.47. The SMILES string of the molecule is O=S1(=O)CCC(NCCSc2ccc(F)c(F)c2)C1. The molecule has 0 radical (unpaired) electrons. The molecule has 1 N–H and O–H groups in total. The highest BCUT2D eigenvalue weighted by Crippen LogP contribution is 2.20. The summed E-state index contributed by atoms with van der Waals surface area (Å²) in [6.07, 6.45) is 0.651. The van der Waals surface area contributed by atoms with Gasteiger partial charge in [0.25, 0.3) is 0 Å². The maximum absolute atomic E-state index is 12.9. The zero-order chi connectivity index (χ0) is 13.9. The fourth-order valence-electron chi connectivity index (χ4n) is 1.95. The molecule has 106 valence electrons. The molecule has 7 heteroatoms. The number of hydrogen-bond acceptors (Lipinski definition) is 4. The Morgan fingerprint density at radius 2 is 2.11 bits per heavy atom. The number of sulfone groups is 1. The van der Waals surface area contributed by atoms with Crippen LogP contribution in [0, 0.1) is 11.6 Å². The van der Waals surface area contributed by atoms with Crippen LogP contribution < -0.4 is 5.32 Å². The van der Waals surface area contributed by atoms with E-state index >= 15 is 0 Å². The van der Waals surface area contributed by atoms with Gasteiger partial charge in [-0.1, -0.05) is 0 Å². The van der Waals surface area contributed by atoms with Gasteiger partial charge in [0.05, 0.1) is 11.5 Å². The highest BCUT2D eigenvalue weighted by Gasteiger charge is 2.26. The summed E-state index contributed by atoms with van der Waals surface area (Å²) < 4.78 is 48.1. The molecule has 1 aromatic carbocycles. The van der Waals surface area contributed by atoms with Crippen LogP contribution in [0.25, 0.3) is 0 Å². The van der Waals surface area contributed by atoms with Crippen LogP contribution in [-0.4, -0.2) is 38.3 Å². The van der Waals surface area contributed by atoms with E-state index in [2.05, 4.69) is 5.32 Å². The zero-order valence-electron chi connectivity index (χ0n) is 10.2. The molecular weight excluding hydrogens is 292 g/mol. The molecule has 0 spiro atoms. The van der Waals surface area contributed by atoms with Gasteiger partial charge in [0.2, 0.25) is 0 Å². The molecule has 1 aromatic rings. The molecule has 19 heavy (non-hydrogen) atoms. The normalized spacial score (nSPS) is 21.7. The molecule has 2 rings (SSSR count). The largest absolute Gasteiger partial charge is 0.312 e. The van der Waals surface area contributed by atoms with Gasteiger partial charge in [-0.3, -0.25) is 0 Å². The van der Waals surface area contributed by atoms with Gasteiger partial charge < -0.3 is 5.32 Å². The minimum absolute atomic E-state index is 0.0237. The van der Waals surface area contributed by atoms with Crippen molar-refractivity contribution in [2.45, 2.75) is 17.4 Å². The van der Waals surface area contributed by atoms with Crippen molar-refractivity contribution in [3.63, 3.8) is 0 Å². The van der Waals surface area contributed by atoms with Crippen LogP contribution >= 0.6 is 11.8 Å². The van der Waals surface area contributed by atoms with Gasteiger partial charge in [-0.25, -0.2) is 17.2 Å². The van der Waals surface area contributed by atoms with Gasteiger partial charge in [0.1, 0.15) is 0 Å². The lowest BCUT2D eigenvalue weighted by Crippen LogP contribution is -2.31. The van der Waals surface area contributed by atoms with Crippen molar-refractivity contribution >= 4 is 21.6 Å². The third-order valence-electron chi connectivity index (χ3n) is 2.93. The Morgan fingerprint density at radius 1 is 1.32 bits per heavy atom. The van der Waals surface area contributed by atoms with E-state index in [1.807, 2.05) is 0 Å². The Morgan fingerprint density at radius 3 is 2.74 bits per heavy atom. The average molecular weight is 307 g/mol. The summed E-state index contributed by atoms with van der Waals surface area (Å²) in [5.74, 6) is -0.565. The molecule has 1 fully saturated rings. The minimum atomic E-state index is -2.86. The second-order valence-corrected chi connectivity index (χ2v) is 7.88. The van der Waals surface area contributed by atoms with Crippen LogP contribution in [0.5, 0.6) is 0 Å². The summed E-state index contributed by atoms with van der Waals surface area (Å²) in [7, 11) is -2.86. The van der Waals surface area contributed by atoms with Gasteiger partial charge in [0.15, 0.2) is 21.5 Å². The van der Waals surface area contributed by atoms with E-state index in [1.54, 1.807) is 0 Å². The number of rotatable bonds is 5. The molecule has 0 aromatic heterocycles. The summed E-state index contributed by atoms with van der Waals surface area (Å²) in [5, 5.41) is 3.17. The van der Waals surface area contributed by atoms with Crippen molar-refractivity contribution in [2.24, 2.45) is 0 Å². The summed E-state index contributed by atoms with van der Waals surface area (Å²) >= 11 is 1.41. The molecule has 1 aliphatic heterocycles. The zero-order valence-corrected chi connectivity index (χ0v) is 11.9. The van der Waals surface area contributed by atoms with E-state index in [4.69, 9.17) is 0 Å². The molecule has 1 unspecified atom stereocenters. The number of thioether (sulfide) groups is 1. The van der Waals surface area contributed by atoms with Crippen LogP contribution in [-0.2, 0) is 9.84 Å². The lowest BCUT2D eigenvalue weighted by Gasteiger charge is -2.10. The molecule has 1 heterocycles. The van der Waals surface area contributed by atoms with E-state index in [9.17, 15) is 17.2 Å². The Balaban J connectivity index is 1.71. The smallest absolute Gasteiger partial charge is 0.159 e. The molecule has 1 aliphatic rings. The molecule has 0 saturated carbocycles. The first kappa shape index (κ1) is 14.7. The molecule has 0 aliphatic carbocycles. The summed E-state index contributed by atoms with van der Waals surface area (Å²) in [6.45, 7) is 0.643. The van der Waals surface area contributed by atoms with Crippen molar-refractivity contribution in [1.29, 1.82) is 0 Å². The first-order valence-corrected chi connectivity index (χ1v) is 8.79. The van der Waals surface area contributed by atoms with Crippen LogP contribution in [0.15, 0.2) is 23.1 Å². The predicted molar refractivity (Wildman–Crippen MR) is 72.1 cm³/mol. The number of benzene rings is 1. The highest BCUT2D eigenvalue weighted by molar-refractivity contribution is 7.99. The predicted octanol–water partition coefficient (Wildman–Crippen LogP) is 1.83. The van der Waals surface area contributed by atoms with Crippen molar-refractivity contribution in [3.8, 4) is 0 Å². The summed E-state index contributed by atoms with van der Waals surface area (Å²) in [6, 6.07) is 3.83. The van der Waals surface area contributed by atoms with Crippen LogP contribution in [0.1, 0.15) is 6.42 Å². The molecular formula is C12H15F2NO2S2. The first-order valence-electron chi connectivity index (χ1n) is 5.98. The Bertz CT molecular complexity index is 549. The van der Waals surface area contributed by atoms with E-state index in [0.29, 0.717) is 23.6 Å². The van der Waals surface area contributed by atoms with Gasteiger partial charge in [0, 0.05) is 23.2 Å². The average Bonchev–Trinajstić information content (AvgIpc) is 2.69. The number of hydrogen-bond donors (Lipinski definition) is 1. The Kier molecular flexibility index (Phi) is 4.81. The third-order valence-corrected chi connectivity index (χ3v) is 5.69. The molecule has 0 amide bonds. The summed E-state index contributed by atoms with van der Waals surface area (Å²) in [5.41, 5.74) is 0. The van der Waals surface area contributed by atoms with Crippen LogP contribution in [0.2, 0.25) is 0 Å². The highest BCUT2D eigenvalue weighted by atomic mass is 32.2. The third kappa shape index (κ3) is 4.43. The molecule has 1 atom stereocenters. The maximum atomic E-state index is 12.9. The van der Waals surface area contributed by atoms with E-state index in [-0.39, 0.29) is 17.5 Å². The second kappa shape index (κ2) is 6.19. The number of halogens is 2. The topological polar surface area (TPSA) is 46.2 Å². The quantitative estimate of drug-likeness (QED) is 0.666. The standard InChI is InChI=1S/C12H15F2NO2S2/c13-11-2-1-10(7-12(11)14)18-5-4-15-9-3-6-19(16,17)8-9/h1-2,7,9,15H,3-6,8H2. The van der Waals surface area contributed by atoms with Crippen LogP contribution in [0.4, 0.5) is 8.78 Å². The number of nitrogens with one attached hydrogen (secondary N) is 1. The monoisotopic (exact) mass is 307 g/mol. The van der Waals surface area contributed by atoms with E-state index in [0.717, 1.165) is 6.07 Å². The molecule has 0 bridgehead atoms. The van der Waals surface area contributed by atoms with E-state index < -0.39 is 21.5 Å². The van der Waals surface area contributed by atoms with Crippen molar-refractivity contribution in [2.75, 3.05) is 23.8 Å². The first-order chi connectivity index (χ1) is 8.96. The summed E-state index contributed by atoms with van der Waals surface area (Å²) in [4.78, 5) is 0.666. The van der Waals surface area contributed by atoms with Crippen molar-refractivity contribution < 1.29 is 17.2 Å². The van der Waals surface area contributed by atoms with Gasteiger partial charge in [-0.2, -0.15) is 0 Å². The molecule has 1 saturated heterocycles. The Labute approximate surface area is 115 Å². The van der Waals surface area contributed by atoms with Gasteiger partial charge in [-0.05, 0) is 24.6 Å². The molecule has 3 nitrogen and oxygen atoms in total. The van der Waals surface area contributed by atoms with E-state index in [1.165, 1.54) is 23.9 Å². The Hall–Kier alpha value is -0.660. The second-order valence-electron chi connectivity index (χ2n) is 4.48. The van der Waals surface area contributed by atoms with Gasteiger partial charge in [-0.15, -0.1) is 11.8 Å². The maximum Gasteiger partial charge on any atom is 0.159 e. The van der Waals surface area contributed by atoms with Crippen molar-refractivity contribution in [3.05, 3.63) is 29.8 Å². The lowest BCUT2D eigenvalue weighted by atomic mass is 10.3. The minimum Gasteiger partial charge on any atom is -0.312 e. The van der Waals surface area contributed by atoms with Crippen LogP contribution in [0.3, 0.4) is 0 Å². The van der Waals surface area contributed by atoms with Gasteiger partial charge >= 0.3 is 0 Å². The van der Waals surface area contributed by atoms with Crippen molar-refractivity contribution in [1.82, 2.24) is 5.32 Å².